The Morgan fingerprint density at radius 1 is 1.47 bits per heavy atom. The summed E-state index contributed by atoms with van der Waals surface area (Å²) in [6, 6.07) is 1.67. The van der Waals surface area contributed by atoms with Gasteiger partial charge in [0.15, 0.2) is 0 Å². The highest BCUT2D eigenvalue weighted by Crippen LogP contribution is 2.21. The van der Waals surface area contributed by atoms with E-state index >= 15 is 0 Å². The lowest BCUT2D eigenvalue weighted by Gasteiger charge is -2.24. The van der Waals surface area contributed by atoms with E-state index in [2.05, 4.69) is 45.1 Å². The summed E-state index contributed by atoms with van der Waals surface area (Å²) in [6.45, 7) is 5.85. The molecule has 5 nitrogen and oxygen atoms in total. The molecule has 0 saturated carbocycles. The van der Waals surface area contributed by atoms with Gasteiger partial charge in [-0.25, -0.2) is 4.98 Å². The minimum absolute atomic E-state index is 0.121. The Hall–Kier alpha value is -0.880. The number of nitrogen functional groups attached to an aromatic ring is 1. The monoisotopic (exact) mass is 302 g/mol. The fourth-order valence-electron chi connectivity index (χ4n) is 1.30. The minimum Gasteiger partial charge on any atom is -0.385 e. The molecule has 1 aromatic rings. The normalized spacial score (nSPS) is 11.5. The molecule has 17 heavy (non-hydrogen) atoms. The second-order valence-electron chi connectivity index (χ2n) is 4.70. The van der Waals surface area contributed by atoms with Crippen molar-refractivity contribution in [2.45, 2.75) is 20.3 Å². The topological polar surface area (TPSA) is 73.1 Å². The molecule has 0 fully saturated rings. The molecule has 0 unspecified atom stereocenters. The first-order chi connectivity index (χ1) is 7.93. The van der Waals surface area contributed by atoms with Gasteiger partial charge in [0.05, 0.1) is 0 Å². The molecule has 0 spiro atoms. The molecule has 3 N–H and O–H groups in total. The minimum atomic E-state index is 0.121. The zero-order valence-electron chi connectivity index (χ0n) is 10.5. The van der Waals surface area contributed by atoms with E-state index in [1.165, 1.54) is 0 Å². The van der Waals surface area contributed by atoms with Gasteiger partial charge in [0.1, 0.15) is 10.4 Å². The number of nitrogens with zero attached hydrogens (tertiary/aromatic N) is 2. The largest absolute Gasteiger partial charge is 0.385 e. The highest BCUT2D eigenvalue weighted by molar-refractivity contribution is 9.10. The molecule has 0 aliphatic rings. The number of nitrogens with two attached hydrogens (primary N) is 1. The van der Waals surface area contributed by atoms with E-state index in [-0.39, 0.29) is 5.41 Å². The first-order valence-corrected chi connectivity index (χ1v) is 6.25. The molecule has 0 radical (unpaired) electrons. The quantitative estimate of drug-likeness (QED) is 0.789. The first-order valence-electron chi connectivity index (χ1n) is 5.46. The number of methoxy groups -OCH3 is 1. The molecule has 0 aliphatic carbocycles. The lowest BCUT2D eigenvalue weighted by atomic mass is 9.90. The summed E-state index contributed by atoms with van der Waals surface area (Å²) in [6.07, 6.45) is 0.972. The maximum atomic E-state index is 5.64. The molecular weight excluding hydrogens is 284 g/mol. The third-order valence-corrected chi connectivity index (χ3v) is 2.83. The van der Waals surface area contributed by atoms with Crippen molar-refractivity contribution in [1.29, 1.82) is 0 Å². The summed E-state index contributed by atoms with van der Waals surface area (Å²) in [5.74, 6) is 0.992. The van der Waals surface area contributed by atoms with Crippen LogP contribution in [0.3, 0.4) is 0 Å². The summed E-state index contributed by atoms with van der Waals surface area (Å²) in [5.41, 5.74) is 5.76. The average molecular weight is 303 g/mol. The van der Waals surface area contributed by atoms with Gasteiger partial charge in [0.2, 0.25) is 5.95 Å². The predicted molar refractivity (Wildman–Crippen MR) is 72.9 cm³/mol. The highest BCUT2D eigenvalue weighted by Gasteiger charge is 2.17. The van der Waals surface area contributed by atoms with Crippen LogP contribution >= 0.6 is 15.9 Å². The molecule has 0 aliphatic heterocycles. The maximum Gasteiger partial charge on any atom is 0.225 e. The van der Waals surface area contributed by atoms with E-state index in [4.69, 9.17) is 10.5 Å². The molecule has 0 atom stereocenters. The van der Waals surface area contributed by atoms with Crippen molar-refractivity contribution in [3.63, 3.8) is 0 Å². The molecule has 6 heteroatoms. The van der Waals surface area contributed by atoms with Crippen molar-refractivity contribution in [2.24, 2.45) is 5.41 Å². The van der Waals surface area contributed by atoms with E-state index in [0.717, 1.165) is 19.6 Å². The van der Waals surface area contributed by atoms with E-state index < -0.39 is 0 Å². The average Bonchev–Trinajstić information content (AvgIpc) is 2.23. The summed E-state index contributed by atoms with van der Waals surface area (Å²) in [7, 11) is 1.71. The predicted octanol–water partition coefficient (Wildman–Crippen LogP) is 2.30. The van der Waals surface area contributed by atoms with Gasteiger partial charge >= 0.3 is 0 Å². The second kappa shape index (κ2) is 6.16. The third kappa shape index (κ3) is 5.32. The smallest absolute Gasteiger partial charge is 0.225 e. The molecule has 1 aromatic heterocycles. The Labute approximate surface area is 110 Å². The SMILES string of the molecule is COCCC(C)(C)CNc1nc(N)cc(Br)n1. The van der Waals surface area contributed by atoms with Crippen molar-refractivity contribution in [2.75, 3.05) is 31.3 Å². The van der Waals surface area contributed by atoms with Crippen molar-refractivity contribution >= 4 is 27.7 Å². The Morgan fingerprint density at radius 2 is 2.18 bits per heavy atom. The lowest BCUT2D eigenvalue weighted by Crippen LogP contribution is -2.25. The maximum absolute atomic E-state index is 5.64. The molecule has 96 valence electrons. The number of hydrogen-bond donors (Lipinski definition) is 2. The number of hydrogen-bond acceptors (Lipinski definition) is 5. The summed E-state index contributed by atoms with van der Waals surface area (Å²) >= 11 is 3.28. The van der Waals surface area contributed by atoms with Gasteiger partial charge in [-0.3, -0.25) is 0 Å². The number of rotatable bonds is 6. The number of anilines is 2. The van der Waals surface area contributed by atoms with Gasteiger partial charge in [-0.05, 0) is 27.8 Å². The van der Waals surface area contributed by atoms with Crippen LogP contribution in [0, 0.1) is 5.41 Å². The number of halogens is 1. The Kier molecular flexibility index (Phi) is 5.14. The first kappa shape index (κ1) is 14.2. The van der Waals surface area contributed by atoms with Gasteiger partial charge in [-0.1, -0.05) is 13.8 Å². The molecule has 0 saturated heterocycles. The third-order valence-electron chi connectivity index (χ3n) is 2.42. The van der Waals surface area contributed by atoms with E-state index in [1.54, 1.807) is 13.2 Å². The Balaban J connectivity index is 2.54. The van der Waals surface area contributed by atoms with Gasteiger partial charge in [-0.2, -0.15) is 4.98 Å². The molecule has 0 amide bonds. The van der Waals surface area contributed by atoms with Crippen LogP contribution in [0.2, 0.25) is 0 Å². The van der Waals surface area contributed by atoms with Crippen LogP contribution in [0.15, 0.2) is 10.7 Å². The fourth-order valence-corrected chi connectivity index (χ4v) is 1.70. The highest BCUT2D eigenvalue weighted by atomic mass is 79.9. The Morgan fingerprint density at radius 3 is 2.76 bits per heavy atom. The van der Waals surface area contributed by atoms with Crippen molar-refractivity contribution in [3.05, 3.63) is 10.7 Å². The standard InChI is InChI=1S/C11H19BrN4O/c1-11(2,4-5-17-3)7-14-10-15-8(12)6-9(13)16-10/h6H,4-5,7H2,1-3H3,(H3,13,14,15,16). The van der Waals surface area contributed by atoms with Gasteiger partial charge in [0.25, 0.3) is 0 Å². The molecule has 1 heterocycles. The van der Waals surface area contributed by atoms with Gasteiger partial charge in [-0.15, -0.1) is 0 Å². The van der Waals surface area contributed by atoms with Crippen molar-refractivity contribution in [1.82, 2.24) is 9.97 Å². The summed E-state index contributed by atoms with van der Waals surface area (Å²) in [4.78, 5) is 8.31. The zero-order chi connectivity index (χ0) is 12.9. The van der Waals surface area contributed by atoms with Gasteiger partial charge < -0.3 is 15.8 Å². The van der Waals surface area contributed by atoms with Crippen LogP contribution in [0.1, 0.15) is 20.3 Å². The Bertz CT molecular complexity index is 350. The lowest BCUT2D eigenvalue weighted by molar-refractivity contribution is 0.157. The van der Waals surface area contributed by atoms with Crippen LogP contribution < -0.4 is 11.1 Å². The van der Waals surface area contributed by atoms with E-state index in [0.29, 0.717) is 16.4 Å². The second-order valence-corrected chi connectivity index (χ2v) is 5.51. The van der Waals surface area contributed by atoms with E-state index in [1.807, 2.05) is 0 Å². The van der Waals surface area contributed by atoms with Crippen LogP contribution in [0.4, 0.5) is 11.8 Å². The number of ether oxygens (including phenoxy) is 1. The van der Waals surface area contributed by atoms with Crippen LogP contribution in [-0.4, -0.2) is 30.2 Å². The van der Waals surface area contributed by atoms with Crippen LogP contribution in [-0.2, 0) is 4.74 Å². The molecule has 0 aromatic carbocycles. The van der Waals surface area contributed by atoms with Crippen molar-refractivity contribution < 1.29 is 4.74 Å². The fraction of sp³-hybridized carbons (Fsp3) is 0.636. The summed E-state index contributed by atoms with van der Waals surface area (Å²) < 4.78 is 5.76. The molecule has 1 rings (SSSR count). The molecular formula is C11H19BrN4O. The van der Waals surface area contributed by atoms with Crippen LogP contribution in [0.5, 0.6) is 0 Å². The number of aromatic nitrogens is 2. The molecule has 0 bridgehead atoms. The van der Waals surface area contributed by atoms with E-state index in [9.17, 15) is 0 Å². The van der Waals surface area contributed by atoms with Crippen molar-refractivity contribution in [3.8, 4) is 0 Å². The zero-order valence-corrected chi connectivity index (χ0v) is 12.0. The number of nitrogens with one attached hydrogen (secondary N) is 1. The van der Waals surface area contributed by atoms with Gasteiger partial charge in [0, 0.05) is 26.3 Å². The van der Waals surface area contributed by atoms with Crippen LogP contribution in [0.25, 0.3) is 0 Å². The summed E-state index contributed by atoms with van der Waals surface area (Å²) in [5, 5.41) is 3.19.